The van der Waals surface area contributed by atoms with Crippen LogP contribution in [0, 0.1) is 24.2 Å². The Bertz CT molecular complexity index is 766. The zero-order chi connectivity index (χ0) is 19.0. The van der Waals surface area contributed by atoms with Crippen LogP contribution in [0.2, 0.25) is 0 Å². The number of carbonyl (C=O) groups is 2. The molecule has 3 aliphatic rings. The number of nitrogens with zero attached hydrogens (tertiary/aromatic N) is 2. The van der Waals surface area contributed by atoms with E-state index in [-0.39, 0.29) is 17.7 Å². The monoisotopic (exact) mass is 365 g/mol. The molecule has 4 rings (SSSR count). The highest BCUT2D eigenvalue weighted by Gasteiger charge is 2.57. The second-order valence-electron chi connectivity index (χ2n) is 8.39. The topological polar surface area (TPSA) is 73.2 Å². The van der Waals surface area contributed by atoms with E-state index in [1.54, 1.807) is 4.90 Å². The largest absolute Gasteiger partial charge is 0.325 e. The number of amides is 1. The molecule has 4 atom stereocenters. The molecule has 0 aromatic heterocycles. The van der Waals surface area contributed by atoms with Gasteiger partial charge in [-0.25, -0.2) is 0 Å². The third-order valence-corrected chi connectivity index (χ3v) is 6.64. The normalized spacial score (nSPS) is 32.7. The van der Waals surface area contributed by atoms with Crippen molar-refractivity contribution in [2.75, 3.05) is 6.54 Å². The van der Waals surface area contributed by atoms with Crippen LogP contribution in [-0.4, -0.2) is 40.8 Å². The minimum atomic E-state index is -1.21. The Morgan fingerprint density at radius 2 is 1.89 bits per heavy atom. The van der Waals surface area contributed by atoms with Crippen molar-refractivity contribution in [3.05, 3.63) is 35.4 Å². The molecule has 3 fully saturated rings. The van der Waals surface area contributed by atoms with Crippen molar-refractivity contribution in [1.29, 1.82) is 5.26 Å². The molecule has 2 heterocycles. The number of Topliss-reactive ketones (excluding diaryl/α,β-unsaturated/α-hetero) is 1. The SMILES string of the molecule is Cc1ccc(C(=O)[C@]2(C(=O)N3CCC[C@H]3C#N)CC3CCCCC3N2)cc1. The Morgan fingerprint density at radius 1 is 1.15 bits per heavy atom. The Hall–Kier alpha value is -2.19. The Labute approximate surface area is 160 Å². The summed E-state index contributed by atoms with van der Waals surface area (Å²) in [5.74, 6) is 0.0391. The Morgan fingerprint density at radius 3 is 2.59 bits per heavy atom. The number of rotatable bonds is 3. The molecule has 2 aliphatic heterocycles. The number of likely N-dealkylation sites (tertiary alicyclic amines) is 1. The minimum Gasteiger partial charge on any atom is -0.325 e. The van der Waals surface area contributed by atoms with E-state index in [0.717, 1.165) is 37.7 Å². The average molecular weight is 365 g/mol. The van der Waals surface area contributed by atoms with Gasteiger partial charge in [-0.05, 0) is 44.9 Å². The highest BCUT2D eigenvalue weighted by molar-refractivity contribution is 6.18. The Balaban J connectivity index is 1.71. The molecule has 5 heteroatoms. The fraction of sp³-hybridized carbons (Fsp3) is 0.591. The lowest BCUT2D eigenvalue weighted by Gasteiger charge is -2.33. The van der Waals surface area contributed by atoms with Gasteiger partial charge in [-0.2, -0.15) is 5.26 Å². The second kappa shape index (κ2) is 7.09. The van der Waals surface area contributed by atoms with Gasteiger partial charge in [-0.3, -0.25) is 14.9 Å². The molecule has 2 saturated heterocycles. The zero-order valence-electron chi connectivity index (χ0n) is 15.9. The first-order valence-corrected chi connectivity index (χ1v) is 10.1. The van der Waals surface area contributed by atoms with Crippen LogP contribution < -0.4 is 5.32 Å². The van der Waals surface area contributed by atoms with Gasteiger partial charge in [-0.1, -0.05) is 42.7 Å². The van der Waals surface area contributed by atoms with Crippen LogP contribution in [-0.2, 0) is 4.79 Å². The number of nitriles is 1. The van der Waals surface area contributed by atoms with Crippen molar-refractivity contribution >= 4 is 11.7 Å². The molecule has 142 valence electrons. The highest BCUT2D eigenvalue weighted by atomic mass is 16.2. The summed E-state index contributed by atoms with van der Waals surface area (Å²) >= 11 is 0. The van der Waals surface area contributed by atoms with Gasteiger partial charge >= 0.3 is 0 Å². The van der Waals surface area contributed by atoms with Crippen LogP contribution in [0.15, 0.2) is 24.3 Å². The van der Waals surface area contributed by atoms with Gasteiger partial charge in [0.05, 0.1) is 6.07 Å². The lowest BCUT2D eigenvalue weighted by atomic mass is 9.79. The van der Waals surface area contributed by atoms with Gasteiger partial charge in [0, 0.05) is 18.2 Å². The van der Waals surface area contributed by atoms with Crippen molar-refractivity contribution in [2.45, 2.75) is 69.5 Å². The zero-order valence-corrected chi connectivity index (χ0v) is 15.9. The van der Waals surface area contributed by atoms with Crippen molar-refractivity contribution in [2.24, 2.45) is 5.92 Å². The first-order chi connectivity index (χ1) is 13.0. The highest BCUT2D eigenvalue weighted by Crippen LogP contribution is 2.41. The van der Waals surface area contributed by atoms with E-state index in [1.165, 1.54) is 0 Å². The molecule has 1 aliphatic carbocycles. The number of hydrogen-bond acceptors (Lipinski definition) is 4. The van der Waals surface area contributed by atoms with Crippen molar-refractivity contribution in [3.8, 4) is 6.07 Å². The molecule has 1 aromatic carbocycles. The fourth-order valence-electron chi connectivity index (χ4n) is 5.16. The third-order valence-electron chi connectivity index (χ3n) is 6.64. The predicted molar refractivity (Wildman–Crippen MR) is 102 cm³/mol. The molecule has 1 saturated carbocycles. The summed E-state index contributed by atoms with van der Waals surface area (Å²) in [6.45, 7) is 2.55. The Kier molecular flexibility index (Phi) is 4.77. The van der Waals surface area contributed by atoms with Gasteiger partial charge in [0.1, 0.15) is 6.04 Å². The maximum absolute atomic E-state index is 13.7. The average Bonchev–Trinajstić information content (AvgIpc) is 3.32. The third kappa shape index (κ3) is 3.06. The smallest absolute Gasteiger partial charge is 0.252 e. The van der Waals surface area contributed by atoms with Crippen LogP contribution in [0.5, 0.6) is 0 Å². The fourth-order valence-corrected chi connectivity index (χ4v) is 5.16. The predicted octanol–water partition coefficient (Wildman–Crippen LogP) is 2.98. The van der Waals surface area contributed by atoms with E-state index in [2.05, 4.69) is 11.4 Å². The summed E-state index contributed by atoms with van der Waals surface area (Å²) in [7, 11) is 0. The van der Waals surface area contributed by atoms with Gasteiger partial charge in [0.2, 0.25) is 0 Å². The summed E-state index contributed by atoms with van der Waals surface area (Å²) in [5, 5.41) is 12.9. The molecule has 1 N–H and O–H groups in total. The van der Waals surface area contributed by atoms with E-state index in [0.29, 0.717) is 30.9 Å². The van der Waals surface area contributed by atoms with E-state index >= 15 is 0 Å². The number of nitrogens with one attached hydrogen (secondary N) is 1. The van der Waals surface area contributed by atoms with E-state index in [9.17, 15) is 14.9 Å². The van der Waals surface area contributed by atoms with Gasteiger partial charge in [0.25, 0.3) is 5.91 Å². The van der Waals surface area contributed by atoms with Crippen LogP contribution in [0.4, 0.5) is 0 Å². The number of benzene rings is 1. The van der Waals surface area contributed by atoms with E-state index in [1.807, 2.05) is 31.2 Å². The van der Waals surface area contributed by atoms with Crippen LogP contribution in [0.1, 0.15) is 60.9 Å². The molecule has 0 spiro atoms. The lowest BCUT2D eigenvalue weighted by molar-refractivity contribution is -0.136. The number of ketones is 1. The van der Waals surface area contributed by atoms with E-state index < -0.39 is 11.6 Å². The summed E-state index contributed by atoms with van der Waals surface area (Å²) in [4.78, 5) is 28.9. The van der Waals surface area contributed by atoms with Crippen molar-refractivity contribution in [3.63, 3.8) is 0 Å². The van der Waals surface area contributed by atoms with Gasteiger partial charge < -0.3 is 4.90 Å². The molecule has 27 heavy (non-hydrogen) atoms. The maximum atomic E-state index is 13.7. The van der Waals surface area contributed by atoms with Crippen LogP contribution in [0.3, 0.4) is 0 Å². The van der Waals surface area contributed by atoms with Crippen molar-refractivity contribution < 1.29 is 9.59 Å². The first-order valence-electron chi connectivity index (χ1n) is 10.1. The molecule has 1 amide bonds. The molecule has 5 nitrogen and oxygen atoms in total. The lowest BCUT2D eigenvalue weighted by Crippen LogP contribution is -2.61. The van der Waals surface area contributed by atoms with E-state index in [4.69, 9.17) is 0 Å². The minimum absolute atomic E-state index is 0.134. The van der Waals surface area contributed by atoms with Gasteiger partial charge in [-0.15, -0.1) is 0 Å². The summed E-state index contributed by atoms with van der Waals surface area (Å²) < 4.78 is 0. The molecule has 0 radical (unpaired) electrons. The second-order valence-corrected chi connectivity index (χ2v) is 8.39. The number of fused-ring (bicyclic) bond motifs is 1. The molecular weight excluding hydrogens is 338 g/mol. The quantitative estimate of drug-likeness (QED) is 0.660. The van der Waals surface area contributed by atoms with Gasteiger partial charge in [0.15, 0.2) is 11.3 Å². The standard InChI is InChI=1S/C22H27N3O2/c1-15-8-10-16(11-9-15)20(26)22(13-17-5-2-3-7-19(17)24-22)21(27)25-12-4-6-18(25)14-23/h8-11,17-19,24H,2-7,12-13H2,1H3/t17?,18-,19?,22-/m0/s1. The van der Waals surface area contributed by atoms with Crippen molar-refractivity contribution in [1.82, 2.24) is 10.2 Å². The number of hydrogen-bond donors (Lipinski definition) is 1. The number of carbonyl (C=O) groups excluding carboxylic acids is 2. The summed E-state index contributed by atoms with van der Waals surface area (Å²) in [6.07, 6.45) is 6.46. The molecular formula is C22H27N3O2. The first kappa shape index (κ1) is 18.2. The molecule has 2 unspecified atom stereocenters. The maximum Gasteiger partial charge on any atom is 0.252 e. The summed E-state index contributed by atoms with van der Waals surface area (Å²) in [5.41, 5.74) is 0.450. The molecule has 1 aromatic rings. The van der Waals surface area contributed by atoms with Crippen LogP contribution in [0.25, 0.3) is 0 Å². The number of aryl methyl sites for hydroxylation is 1. The van der Waals surface area contributed by atoms with Crippen LogP contribution >= 0.6 is 0 Å². The summed E-state index contributed by atoms with van der Waals surface area (Å²) in [6, 6.07) is 9.54. The molecule has 0 bridgehead atoms.